The molecule has 0 aliphatic heterocycles. The maximum absolute atomic E-state index is 3.56. The van der Waals surface area contributed by atoms with Gasteiger partial charge in [0.25, 0.3) is 0 Å². The molecule has 19 heavy (non-hydrogen) atoms. The van der Waals surface area contributed by atoms with Crippen LogP contribution in [0.3, 0.4) is 0 Å². The van der Waals surface area contributed by atoms with Crippen molar-refractivity contribution in [1.82, 2.24) is 9.88 Å². The number of aryl methyl sites for hydroxylation is 1. The molecule has 0 aliphatic carbocycles. The van der Waals surface area contributed by atoms with Crippen LogP contribution in [-0.4, -0.2) is 4.57 Å². The van der Waals surface area contributed by atoms with E-state index in [0.29, 0.717) is 6.04 Å². The standard InChI is InChI=1S/C16H21BrN2/c1-3-9-19-10-8-14(12-19)11-18-13(2)15-4-6-16(17)7-5-15/h4-8,10,12-13,18H,3,9,11H2,1-2H3. The van der Waals surface area contributed by atoms with Crippen LogP contribution in [0.25, 0.3) is 0 Å². The fraction of sp³-hybridized carbons (Fsp3) is 0.375. The Morgan fingerprint density at radius 2 is 1.95 bits per heavy atom. The van der Waals surface area contributed by atoms with Crippen molar-refractivity contribution >= 4 is 15.9 Å². The van der Waals surface area contributed by atoms with E-state index in [0.717, 1.165) is 17.6 Å². The van der Waals surface area contributed by atoms with Crippen LogP contribution in [0.15, 0.2) is 47.2 Å². The fourth-order valence-corrected chi connectivity index (χ4v) is 2.40. The smallest absolute Gasteiger partial charge is 0.0294 e. The maximum Gasteiger partial charge on any atom is 0.0294 e. The Labute approximate surface area is 124 Å². The summed E-state index contributed by atoms with van der Waals surface area (Å²) in [5, 5.41) is 3.56. The molecule has 1 unspecified atom stereocenters. The molecule has 1 atom stereocenters. The summed E-state index contributed by atoms with van der Waals surface area (Å²) < 4.78 is 3.38. The van der Waals surface area contributed by atoms with E-state index >= 15 is 0 Å². The number of halogens is 1. The summed E-state index contributed by atoms with van der Waals surface area (Å²) in [5.74, 6) is 0. The lowest BCUT2D eigenvalue weighted by atomic mass is 10.1. The van der Waals surface area contributed by atoms with Gasteiger partial charge in [0.05, 0.1) is 0 Å². The Bertz CT molecular complexity index is 502. The third kappa shape index (κ3) is 4.22. The predicted molar refractivity (Wildman–Crippen MR) is 84.1 cm³/mol. The van der Waals surface area contributed by atoms with Crippen LogP contribution in [0.2, 0.25) is 0 Å². The highest BCUT2D eigenvalue weighted by Crippen LogP contribution is 2.17. The first-order chi connectivity index (χ1) is 9.19. The molecule has 0 aliphatic rings. The minimum absolute atomic E-state index is 0.364. The van der Waals surface area contributed by atoms with Crippen molar-refractivity contribution in [1.29, 1.82) is 0 Å². The molecule has 2 aromatic rings. The van der Waals surface area contributed by atoms with Crippen LogP contribution >= 0.6 is 15.9 Å². The summed E-state index contributed by atoms with van der Waals surface area (Å²) in [5.41, 5.74) is 2.66. The molecule has 0 radical (unpaired) electrons. The lowest BCUT2D eigenvalue weighted by Gasteiger charge is -2.13. The van der Waals surface area contributed by atoms with Gasteiger partial charge in [-0.25, -0.2) is 0 Å². The van der Waals surface area contributed by atoms with Gasteiger partial charge >= 0.3 is 0 Å². The van der Waals surface area contributed by atoms with Crippen LogP contribution in [0, 0.1) is 0 Å². The van der Waals surface area contributed by atoms with Crippen LogP contribution in [0.4, 0.5) is 0 Å². The maximum atomic E-state index is 3.56. The molecule has 0 saturated carbocycles. The lowest BCUT2D eigenvalue weighted by Crippen LogP contribution is -2.17. The molecule has 0 fully saturated rings. The Morgan fingerprint density at radius 1 is 1.21 bits per heavy atom. The average Bonchev–Trinajstić information content (AvgIpc) is 2.85. The molecule has 0 amide bonds. The summed E-state index contributed by atoms with van der Waals surface area (Å²) in [6, 6.07) is 11.0. The second-order valence-corrected chi connectivity index (χ2v) is 5.83. The Balaban J connectivity index is 1.88. The van der Waals surface area contributed by atoms with Crippen LogP contribution in [-0.2, 0) is 13.1 Å². The molecule has 1 N–H and O–H groups in total. The third-order valence-electron chi connectivity index (χ3n) is 3.28. The Morgan fingerprint density at radius 3 is 2.63 bits per heavy atom. The highest BCUT2D eigenvalue weighted by Gasteiger charge is 2.05. The molecule has 1 aromatic heterocycles. The van der Waals surface area contributed by atoms with Gasteiger partial charge in [-0.05, 0) is 42.7 Å². The van der Waals surface area contributed by atoms with E-state index in [9.17, 15) is 0 Å². The van der Waals surface area contributed by atoms with Crippen LogP contribution in [0.1, 0.15) is 37.4 Å². The van der Waals surface area contributed by atoms with Crippen molar-refractivity contribution < 1.29 is 0 Å². The summed E-state index contributed by atoms with van der Waals surface area (Å²) in [6.45, 7) is 6.41. The number of rotatable bonds is 6. The molecule has 102 valence electrons. The molecule has 3 heteroatoms. The molecule has 0 saturated heterocycles. The quantitative estimate of drug-likeness (QED) is 0.828. The highest BCUT2D eigenvalue weighted by atomic mass is 79.9. The lowest BCUT2D eigenvalue weighted by molar-refractivity contribution is 0.573. The number of benzene rings is 1. The topological polar surface area (TPSA) is 17.0 Å². The molecule has 0 bridgehead atoms. The summed E-state index contributed by atoms with van der Waals surface area (Å²) in [7, 11) is 0. The first-order valence-electron chi connectivity index (χ1n) is 6.82. The SMILES string of the molecule is CCCn1ccc(CNC(C)c2ccc(Br)cc2)c1. The van der Waals surface area contributed by atoms with Crippen LogP contribution < -0.4 is 5.32 Å². The van der Waals surface area contributed by atoms with Gasteiger partial charge in [-0.3, -0.25) is 0 Å². The van der Waals surface area contributed by atoms with E-state index < -0.39 is 0 Å². The van der Waals surface area contributed by atoms with E-state index in [4.69, 9.17) is 0 Å². The molecule has 0 spiro atoms. The zero-order valence-electron chi connectivity index (χ0n) is 11.6. The first-order valence-corrected chi connectivity index (χ1v) is 7.62. The minimum atomic E-state index is 0.364. The number of hydrogen-bond donors (Lipinski definition) is 1. The minimum Gasteiger partial charge on any atom is -0.354 e. The van der Waals surface area contributed by atoms with E-state index in [1.807, 2.05) is 0 Å². The van der Waals surface area contributed by atoms with Gasteiger partial charge in [0.1, 0.15) is 0 Å². The zero-order valence-corrected chi connectivity index (χ0v) is 13.2. The fourth-order valence-electron chi connectivity index (χ4n) is 2.13. The van der Waals surface area contributed by atoms with Crippen molar-refractivity contribution in [3.63, 3.8) is 0 Å². The van der Waals surface area contributed by atoms with Crippen molar-refractivity contribution in [2.75, 3.05) is 0 Å². The summed E-state index contributed by atoms with van der Waals surface area (Å²) in [6.07, 6.45) is 5.56. The molecule has 1 heterocycles. The average molecular weight is 321 g/mol. The molecular weight excluding hydrogens is 300 g/mol. The number of aromatic nitrogens is 1. The number of nitrogens with one attached hydrogen (secondary N) is 1. The molecule has 2 nitrogen and oxygen atoms in total. The molecule has 1 aromatic carbocycles. The van der Waals surface area contributed by atoms with Gasteiger partial charge in [0, 0.05) is 36.0 Å². The Hall–Kier alpha value is -1.06. The van der Waals surface area contributed by atoms with E-state index in [2.05, 4.69) is 82.4 Å². The van der Waals surface area contributed by atoms with Gasteiger partial charge in [0.15, 0.2) is 0 Å². The van der Waals surface area contributed by atoms with Gasteiger partial charge in [-0.15, -0.1) is 0 Å². The zero-order chi connectivity index (χ0) is 13.7. The van der Waals surface area contributed by atoms with Crippen LogP contribution in [0.5, 0.6) is 0 Å². The summed E-state index contributed by atoms with van der Waals surface area (Å²) in [4.78, 5) is 0. The van der Waals surface area contributed by atoms with E-state index in [1.165, 1.54) is 17.5 Å². The normalized spacial score (nSPS) is 12.6. The number of nitrogens with zero attached hydrogens (tertiary/aromatic N) is 1. The number of hydrogen-bond acceptors (Lipinski definition) is 1. The van der Waals surface area contributed by atoms with E-state index in [-0.39, 0.29) is 0 Å². The monoisotopic (exact) mass is 320 g/mol. The van der Waals surface area contributed by atoms with Gasteiger partial charge in [-0.1, -0.05) is 35.0 Å². The largest absolute Gasteiger partial charge is 0.354 e. The van der Waals surface area contributed by atoms with Gasteiger partial charge < -0.3 is 9.88 Å². The van der Waals surface area contributed by atoms with Crippen molar-refractivity contribution in [3.05, 3.63) is 58.3 Å². The molecule has 2 rings (SSSR count). The second kappa shape index (κ2) is 6.92. The second-order valence-electron chi connectivity index (χ2n) is 4.91. The predicted octanol–water partition coefficient (Wildman–Crippen LogP) is 4.51. The van der Waals surface area contributed by atoms with Crippen molar-refractivity contribution in [3.8, 4) is 0 Å². The van der Waals surface area contributed by atoms with Gasteiger partial charge in [0.2, 0.25) is 0 Å². The summed E-state index contributed by atoms with van der Waals surface area (Å²) >= 11 is 3.46. The van der Waals surface area contributed by atoms with Gasteiger partial charge in [-0.2, -0.15) is 0 Å². The third-order valence-corrected chi connectivity index (χ3v) is 3.80. The highest BCUT2D eigenvalue weighted by molar-refractivity contribution is 9.10. The Kier molecular flexibility index (Phi) is 5.23. The molecular formula is C16H21BrN2. The van der Waals surface area contributed by atoms with Crippen molar-refractivity contribution in [2.24, 2.45) is 0 Å². The van der Waals surface area contributed by atoms with Crippen molar-refractivity contribution in [2.45, 2.75) is 39.4 Å². The van der Waals surface area contributed by atoms with E-state index in [1.54, 1.807) is 0 Å². The first kappa shape index (κ1) is 14.4.